The predicted octanol–water partition coefficient (Wildman–Crippen LogP) is 4.79. The Labute approximate surface area is 192 Å². The first kappa shape index (κ1) is 21.2. The minimum absolute atomic E-state index is 0.0522. The zero-order chi connectivity index (χ0) is 22.3. The van der Waals surface area contributed by atoms with Gasteiger partial charge in [0.05, 0.1) is 29.6 Å². The molecule has 5 rings (SSSR count). The number of nitrogens with zero attached hydrogens (tertiary/aromatic N) is 3. The number of likely N-dealkylation sites (tertiary alicyclic amines) is 1. The summed E-state index contributed by atoms with van der Waals surface area (Å²) in [5.74, 6) is -0.573. The highest BCUT2D eigenvalue weighted by atomic mass is 35.5. The lowest BCUT2D eigenvalue weighted by molar-refractivity contribution is -0.181. The van der Waals surface area contributed by atoms with E-state index in [1.165, 1.54) is 0 Å². The highest BCUT2D eigenvalue weighted by Crippen LogP contribution is 2.33. The minimum atomic E-state index is -0.521. The van der Waals surface area contributed by atoms with Crippen LogP contribution in [0.2, 0.25) is 5.02 Å². The van der Waals surface area contributed by atoms with E-state index in [1.54, 1.807) is 4.68 Å². The number of piperidine rings is 1. The molecule has 0 unspecified atom stereocenters. The number of hydrogen-bond donors (Lipinski definition) is 0. The second kappa shape index (κ2) is 8.35. The molecule has 166 valence electrons. The maximum absolute atomic E-state index is 13.7. The van der Waals surface area contributed by atoms with Crippen LogP contribution >= 0.6 is 11.6 Å². The quantitative estimate of drug-likeness (QED) is 0.574. The van der Waals surface area contributed by atoms with Crippen molar-refractivity contribution in [3.05, 3.63) is 70.4 Å². The first-order valence-corrected chi connectivity index (χ1v) is 11.3. The first-order chi connectivity index (χ1) is 15.5. The predicted molar refractivity (Wildman–Crippen MR) is 123 cm³/mol. The molecule has 1 amide bonds. The molecule has 0 radical (unpaired) electrons. The van der Waals surface area contributed by atoms with E-state index in [0.717, 1.165) is 22.4 Å². The van der Waals surface area contributed by atoms with Crippen LogP contribution in [0, 0.1) is 13.8 Å². The van der Waals surface area contributed by atoms with Crippen LogP contribution in [0.25, 0.3) is 16.9 Å². The molecule has 3 heterocycles. The monoisotopic (exact) mass is 451 g/mol. The Kier molecular flexibility index (Phi) is 5.53. The molecule has 2 aliphatic heterocycles. The number of aromatic nitrogens is 2. The maximum Gasteiger partial charge on any atom is 0.272 e. The summed E-state index contributed by atoms with van der Waals surface area (Å²) in [5, 5.41) is 5.43. The van der Waals surface area contributed by atoms with Gasteiger partial charge in [-0.2, -0.15) is 5.10 Å². The summed E-state index contributed by atoms with van der Waals surface area (Å²) < 4.78 is 13.4. The Bertz CT molecular complexity index is 1160. The van der Waals surface area contributed by atoms with Crippen molar-refractivity contribution < 1.29 is 14.3 Å². The van der Waals surface area contributed by atoms with Crippen LogP contribution in [0.4, 0.5) is 0 Å². The third kappa shape index (κ3) is 3.83. The van der Waals surface area contributed by atoms with Crippen LogP contribution in [-0.4, -0.2) is 52.7 Å². The molecule has 3 aromatic rings. The van der Waals surface area contributed by atoms with Gasteiger partial charge in [0, 0.05) is 31.5 Å². The van der Waals surface area contributed by atoms with Gasteiger partial charge in [-0.1, -0.05) is 47.5 Å². The van der Waals surface area contributed by atoms with Gasteiger partial charge in [-0.25, -0.2) is 4.68 Å². The summed E-state index contributed by atoms with van der Waals surface area (Å²) in [4.78, 5) is 15.5. The van der Waals surface area contributed by atoms with Crippen molar-refractivity contribution in [2.75, 3.05) is 26.3 Å². The van der Waals surface area contributed by atoms with Crippen molar-refractivity contribution in [1.82, 2.24) is 14.7 Å². The SMILES string of the molecule is Cc1ccc(-n2nc(-c3ccccc3Cl)cc2C(=O)N2CCC3(CC2)OCCO3)c(C)c1. The lowest BCUT2D eigenvalue weighted by atomic mass is 10.0. The van der Waals surface area contributed by atoms with E-state index in [1.807, 2.05) is 54.3 Å². The Morgan fingerprint density at radius 3 is 2.44 bits per heavy atom. The van der Waals surface area contributed by atoms with E-state index in [0.29, 0.717) is 55.6 Å². The molecule has 2 aromatic carbocycles. The van der Waals surface area contributed by atoms with Gasteiger partial charge in [0.15, 0.2) is 5.79 Å². The number of halogens is 1. The van der Waals surface area contributed by atoms with Gasteiger partial charge in [0.25, 0.3) is 5.91 Å². The average molecular weight is 452 g/mol. The van der Waals surface area contributed by atoms with E-state index in [9.17, 15) is 4.79 Å². The largest absolute Gasteiger partial charge is 0.347 e. The molecule has 0 bridgehead atoms. The van der Waals surface area contributed by atoms with Crippen molar-refractivity contribution in [3.8, 4) is 16.9 Å². The van der Waals surface area contributed by atoms with Crippen molar-refractivity contribution in [1.29, 1.82) is 0 Å². The van der Waals surface area contributed by atoms with Gasteiger partial charge >= 0.3 is 0 Å². The van der Waals surface area contributed by atoms with Crippen LogP contribution in [0.15, 0.2) is 48.5 Å². The Hall–Kier alpha value is -2.67. The molecule has 32 heavy (non-hydrogen) atoms. The highest BCUT2D eigenvalue weighted by Gasteiger charge is 2.41. The van der Waals surface area contributed by atoms with Gasteiger partial charge in [0.1, 0.15) is 5.69 Å². The molecule has 0 atom stereocenters. The summed E-state index contributed by atoms with van der Waals surface area (Å²) in [7, 11) is 0. The van der Waals surface area contributed by atoms with Crippen molar-refractivity contribution in [2.24, 2.45) is 0 Å². The second-order valence-electron chi connectivity index (χ2n) is 8.50. The lowest BCUT2D eigenvalue weighted by Crippen LogP contribution is -2.47. The molecule has 0 aliphatic carbocycles. The molecule has 2 aliphatic rings. The Morgan fingerprint density at radius 2 is 1.75 bits per heavy atom. The molecule has 0 saturated carbocycles. The summed E-state index contributed by atoms with van der Waals surface area (Å²) in [6.45, 7) is 6.49. The molecule has 0 N–H and O–H groups in total. The molecule has 7 heteroatoms. The van der Waals surface area contributed by atoms with Gasteiger partial charge in [-0.05, 0) is 37.6 Å². The fourth-order valence-electron chi connectivity index (χ4n) is 4.56. The zero-order valence-electron chi connectivity index (χ0n) is 18.3. The van der Waals surface area contributed by atoms with Crippen LogP contribution in [0.1, 0.15) is 34.5 Å². The number of hydrogen-bond acceptors (Lipinski definition) is 4. The maximum atomic E-state index is 13.7. The minimum Gasteiger partial charge on any atom is -0.347 e. The number of carbonyl (C=O) groups is 1. The smallest absolute Gasteiger partial charge is 0.272 e. The number of benzene rings is 2. The van der Waals surface area contributed by atoms with E-state index in [4.69, 9.17) is 26.2 Å². The topological polar surface area (TPSA) is 56.6 Å². The summed E-state index contributed by atoms with van der Waals surface area (Å²) >= 11 is 6.44. The van der Waals surface area contributed by atoms with E-state index in [2.05, 4.69) is 13.0 Å². The number of rotatable bonds is 3. The van der Waals surface area contributed by atoms with Gasteiger partial charge < -0.3 is 14.4 Å². The molecular formula is C25H26ClN3O3. The van der Waals surface area contributed by atoms with Gasteiger partial charge in [-0.3, -0.25) is 4.79 Å². The number of ether oxygens (including phenoxy) is 2. The third-order valence-corrected chi connectivity index (χ3v) is 6.61. The number of carbonyl (C=O) groups excluding carboxylic acids is 1. The normalized spacial score (nSPS) is 17.8. The fraction of sp³-hybridized carbons (Fsp3) is 0.360. The van der Waals surface area contributed by atoms with Crippen LogP contribution < -0.4 is 0 Å². The summed E-state index contributed by atoms with van der Waals surface area (Å²) in [6, 6.07) is 15.5. The van der Waals surface area contributed by atoms with E-state index >= 15 is 0 Å². The zero-order valence-corrected chi connectivity index (χ0v) is 19.1. The summed E-state index contributed by atoms with van der Waals surface area (Å²) in [5.41, 5.74) is 5.10. The number of amides is 1. The van der Waals surface area contributed by atoms with E-state index in [-0.39, 0.29) is 5.91 Å². The first-order valence-electron chi connectivity index (χ1n) is 11.0. The number of aryl methyl sites for hydroxylation is 2. The third-order valence-electron chi connectivity index (χ3n) is 6.28. The van der Waals surface area contributed by atoms with Crippen molar-refractivity contribution in [2.45, 2.75) is 32.5 Å². The standard InChI is InChI=1S/C25H26ClN3O3/c1-17-7-8-22(18(2)15-17)29-23(16-21(27-29)19-5-3-4-6-20(19)26)24(30)28-11-9-25(10-12-28)31-13-14-32-25/h3-8,15-16H,9-14H2,1-2H3. The van der Waals surface area contributed by atoms with Gasteiger partial charge in [0.2, 0.25) is 0 Å². The van der Waals surface area contributed by atoms with Crippen molar-refractivity contribution >= 4 is 17.5 Å². The Balaban J connectivity index is 1.53. The van der Waals surface area contributed by atoms with Crippen molar-refractivity contribution in [3.63, 3.8) is 0 Å². The van der Waals surface area contributed by atoms with Crippen LogP contribution in [0.3, 0.4) is 0 Å². The summed E-state index contributed by atoms with van der Waals surface area (Å²) in [6.07, 6.45) is 1.35. The van der Waals surface area contributed by atoms with Crippen LogP contribution in [-0.2, 0) is 9.47 Å². The molecule has 2 fully saturated rings. The lowest BCUT2D eigenvalue weighted by Gasteiger charge is -2.37. The fourth-order valence-corrected chi connectivity index (χ4v) is 4.79. The second-order valence-corrected chi connectivity index (χ2v) is 8.90. The Morgan fingerprint density at radius 1 is 1.03 bits per heavy atom. The van der Waals surface area contributed by atoms with E-state index < -0.39 is 5.79 Å². The average Bonchev–Trinajstić information content (AvgIpc) is 3.42. The highest BCUT2D eigenvalue weighted by molar-refractivity contribution is 6.33. The molecule has 1 aromatic heterocycles. The molecular weight excluding hydrogens is 426 g/mol. The molecule has 2 saturated heterocycles. The molecule has 6 nitrogen and oxygen atoms in total. The van der Waals surface area contributed by atoms with Gasteiger partial charge in [-0.15, -0.1) is 0 Å². The molecule has 1 spiro atoms. The van der Waals surface area contributed by atoms with Crippen LogP contribution in [0.5, 0.6) is 0 Å².